The monoisotopic (exact) mass is 371 g/mol. The number of para-hydroxylation sites is 1. The zero-order valence-corrected chi connectivity index (χ0v) is 15.5. The van der Waals surface area contributed by atoms with Crippen LogP contribution in [-0.4, -0.2) is 39.2 Å². The molecule has 2 aromatic carbocycles. The molecule has 2 aromatic heterocycles. The molecule has 1 fully saturated rings. The van der Waals surface area contributed by atoms with Crippen LogP contribution in [0, 0.1) is 0 Å². The Morgan fingerprint density at radius 3 is 2.82 bits per heavy atom. The van der Waals surface area contributed by atoms with Crippen molar-refractivity contribution in [2.45, 2.75) is 19.0 Å². The highest BCUT2D eigenvalue weighted by atomic mass is 16.3. The van der Waals surface area contributed by atoms with Crippen molar-refractivity contribution < 1.29 is 4.42 Å². The summed E-state index contributed by atoms with van der Waals surface area (Å²) in [4.78, 5) is 7.06. The summed E-state index contributed by atoms with van der Waals surface area (Å²) in [6, 6.07) is 20.8. The van der Waals surface area contributed by atoms with Crippen LogP contribution >= 0.6 is 0 Å². The van der Waals surface area contributed by atoms with Crippen LogP contribution in [0.2, 0.25) is 0 Å². The van der Waals surface area contributed by atoms with E-state index in [-0.39, 0.29) is 0 Å². The van der Waals surface area contributed by atoms with Gasteiger partial charge in [-0.15, -0.1) is 5.10 Å². The third kappa shape index (κ3) is 3.59. The lowest BCUT2D eigenvalue weighted by atomic mass is 10.2. The first kappa shape index (κ1) is 16.9. The molecule has 0 saturated carbocycles. The predicted octanol–water partition coefficient (Wildman–Crippen LogP) is 3.97. The van der Waals surface area contributed by atoms with E-state index < -0.39 is 0 Å². The molecule has 0 bridgehead atoms. The summed E-state index contributed by atoms with van der Waals surface area (Å²) in [6.07, 6.45) is 2.70. The summed E-state index contributed by atoms with van der Waals surface area (Å²) in [5, 5.41) is 12.8. The van der Waals surface area contributed by atoms with E-state index in [2.05, 4.69) is 55.7 Å². The second kappa shape index (κ2) is 7.40. The van der Waals surface area contributed by atoms with Crippen molar-refractivity contribution in [1.29, 1.82) is 0 Å². The topological polar surface area (TPSA) is 67.1 Å². The minimum Gasteiger partial charge on any atom is -0.454 e. The van der Waals surface area contributed by atoms with Crippen molar-refractivity contribution in [2.75, 3.05) is 18.4 Å². The number of likely N-dealkylation sites (tertiary alicyclic amines) is 1. The summed E-state index contributed by atoms with van der Waals surface area (Å²) < 4.78 is 5.90. The number of hydrogen-bond donors (Lipinski definition) is 1. The second-order valence-corrected chi connectivity index (χ2v) is 7.16. The van der Waals surface area contributed by atoms with Gasteiger partial charge in [-0.05, 0) is 24.1 Å². The molecule has 0 aliphatic carbocycles. The highest BCUT2D eigenvalue weighted by molar-refractivity contribution is 5.82. The molecule has 1 unspecified atom stereocenters. The molecule has 6 heteroatoms. The largest absolute Gasteiger partial charge is 0.454 e. The maximum absolute atomic E-state index is 5.90. The first-order valence-corrected chi connectivity index (χ1v) is 9.55. The molecular formula is C22H21N5O. The SMILES string of the molecule is c1ccc(CN2CCC(Nc3nncc(-c4cc5ccccc5o4)n3)C2)cc1. The Kier molecular flexibility index (Phi) is 4.47. The van der Waals surface area contributed by atoms with Crippen LogP contribution < -0.4 is 5.32 Å². The Hall–Kier alpha value is -3.25. The summed E-state index contributed by atoms with van der Waals surface area (Å²) in [5.74, 6) is 1.25. The minimum absolute atomic E-state index is 0.316. The number of rotatable bonds is 5. The van der Waals surface area contributed by atoms with Gasteiger partial charge in [0.1, 0.15) is 11.3 Å². The minimum atomic E-state index is 0.316. The van der Waals surface area contributed by atoms with Gasteiger partial charge in [0.2, 0.25) is 5.95 Å². The number of aromatic nitrogens is 3. The van der Waals surface area contributed by atoms with Gasteiger partial charge in [-0.25, -0.2) is 4.98 Å². The molecule has 1 aliphatic heterocycles. The number of nitrogens with zero attached hydrogens (tertiary/aromatic N) is 4. The van der Waals surface area contributed by atoms with Crippen molar-refractivity contribution >= 4 is 16.9 Å². The fourth-order valence-electron chi connectivity index (χ4n) is 3.71. The standard InChI is InChI=1S/C22H21N5O/c1-2-6-16(7-3-1)14-27-11-10-18(15-27)24-22-25-19(13-23-26-22)21-12-17-8-4-5-9-20(17)28-21/h1-9,12-13,18H,10-11,14-15H2,(H,24,25,26). The third-order valence-electron chi connectivity index (χ3n) is 5.09. The van der Waals surface area contributed by atoms with E-state index in [0.29, 0.717) is 23.4 Å². The molecule has 1 aliphatic rings. The number of nitrogens with one attached hydrogen (secondary N) is 1. The average molecular weight is 371 g/mol. The maximum atomic E-state index is 5.90. The molecule has 5 rings (SSSR count). The average Bonchev–Trinajstić information content (AvgIpc) is 3.36. The lowest BCUT2D eigenvalue weighted by Gasteiger charge is -2.16. The summed E-state index contributed by atoms with van der Waals surface area (Å²) in [7, 11) is 0. The zero-order valence-electron chi connectivity index (χ0n) is 15.5. The fraction of sp³-hybridized carbons (Fsp3) is 0.227. The number of furan rings is 1. The van der Waals surface area contributed by atoms with Crippen molar-refractivity contribution in [1.82, 2.24) is 20.1 Å². The Morgan fingerprint density at radius 1 is 1.07 bits per heavy atom. The molecular weight excluding hydrogens is 350 g/mol. The molecule has 1 N–H and O–H groups in total. The van der Waals surface area contributed by atoms with Crippen LogP contribution in [0.4, 0.5) is 5.95 Å². The Labute approximate surface area is 163 Å². The van der Waals surface area contributed by atoms with E-state index in [1.165, 1.54) is 5.56 Å². The van der Waals surface area contributed by atoms with Crippen molar-refractivity contribution in [2.24, 2.45) is 0 Å². The fourth-order valence-corrected chi connectivity index (χ4v) is 3.71. The van der Waals surface area contributed by atoms with Crippen LogP contribution in [-0.2, 0) is 6.54 Å². The highest BCUT2D eigenvalue weighted by Crippen LogP contribution is 2.26. The maximum Gasteiger partial charge on any atom is 0.243 e. The molecule has 1 atom stereocenters. The van der Waals surface area contributed by atoms with Crippen molar-refractivity contribution in [3.05, 3.63) is 72.4 Å². The van der Waals surface area contributed by atoms with Gasteiger partial charge in [0.15, 0.2) is 5.76 Å². The highest BCUT2D eigenvalue weighted by Gasteiger charge is 2.23. The Bertz CT molecular complexity index is 1050. The van der Waals surface area contributed by atoms with Gasteiger partial charge in [0.05, 0.1) is 6.20 Å². The van der Waals surface area contributed by atoms with Crippen LogP contribution in [0.25, 0.3) is 22.4 Å². The van der Waals surface area contributed by atoms with Crippen LogP contribution in [0.5, 0.6) is 0 Å². The molecule has 28 heavy (non-hydrogen) atoms. The number of hydrogen-bond acceptors (Lipinski definition) is 6. The molecule has 0 amide bonds. The summed E-state index contributed by atoms with van der Waals surface area (Å²) >= 11 is 0. The molecule has 140 valence electrons. The Balaban J connectivity index is 1.27. The molecule has 0 spiro atoms. The lowest BCUT2D eigenvalue weighted by Crippen LogP contribution is -2.26. The second-order valence-electron chi connectivity index (χ2n) is 7.16. The normalized spacial score (nSPS) is 17.2. The van der Waals surface area contributed by atoms with Crippen molar-refractivity contribution in [3.8, 4) is 11.5 Å². The van der Waals surface area contributed by atoms with E-state index in [0.717, 1.165) is 37.0 Å². The zero-order chi connectivity index (χ0) is 18.8. The van der Waals surface area contributed by atoms with Gasteiger partial charge in [-0.1, -0.05) is 48.5 Å². The van der Waals surface area contributed by atoms with E-state index in [4.69, 9.17) is 4.42 Å². The van der Waals surface area contributed by atoms with Crippen LogP contribution in [0.1, 0.15) is 12.0 Å². The summed E-state index contributed by atoms with van der Waals surface area (Å²) in [5.41, 5.74) is 2.87. The lowest BCUT2D eigenvalue weighted by molar-refractivity contribution is 0.328. The van der Waals surface area contributed by atoms with E-state index >= 15 is 0 Å². The van der Waals surface area contributed by atoms with E-state index in [1.54, 1.807) is 6.20 Å². The third-order valence-corrected chi connectivity index (χ3v) is 5.09. The van der Waals surface area contributed by atoms with Gasteiger partial charge in [-0.3, -0.25) is 4.90 Å². The smallest absolute Gasteiger partial charge is 0.243 e. The van der Waals surface area contributed by atoms with Crippen LogP contribution in [0.3, 0.4) is 0 Å². The first-order valence-electron chi connectivity index (χ1n) is 9.55. The van der Waals surface area contributed by atoms with E-state index in [1.807, 2.05) is 30.3 Å². The molecule has 6 nitrogen and oxygen atoms in total. The number of benzene rings is 2. The Morgan fingerprint density at radius 2 is 1.93 bits per heavy atom. The molecule has 0 radical (unpaired) electrons. The van der Waals surface area contributed by atoms with Gasteiger partial charge >= 0.3 is 0 Å². The van der Waals surface area contributed by atoms with Gasteiger partial charge in [0, 0.05) is 31.1 Å². The number of anilines is 1. The number of fused-ring (bicyclic) bond motifs is 1. The summed E-state index contributed by atoms with van der Waals surface area (Å²) in [6.45, 7) is 2.99. The van der Waals surface area contributed by atoms with Gasteiger partial charge < -0.3 is 9.73 Å². The van der Waals surface area contributed by atoms with E-state index in [9.17, 15) is 0 Å². The van der Waals surface area contributed by atoms with Crippen molar-refractivity contribution in [3.63, 3.8) is 0 Å². The molecule has 3 heterocycles. The van der Waals surface area contributed by atoms with Crippen LogP contribution in [0.15, 0.2) is 71.3 Å². The molecule has 1 saturated heterocycles. The van der Waals surface area contributed by atoms with Gasteiger partial charge in [0.25, 0.3) is 0 Å². The first-order chi connectivity index (χ1) is 13.8. The quantitative estimate of drug-likeness (QED) is 0.573. The van der Waals surface area contributed by atoms with Gasteiger partial charge in [-0.2, -0.15) is 5.10 Å². The predicted molar refractivity (Wildman–Crippen MR) is 109 cm³/mol. The molecule has 4 aromatic rings.